The van der Waals surface area contributed by atoms with Gasteiger partial charge >= 0.3 is 5.97 Å². The van der Waals surface area contributed by atoms with Crippen molar-refractivity contribution in [2.75, 3.05) is 13.4 Å². The minimum Gasteiger partial charge on any atom is -0.465 e. The molecule has 0 amide bonds. The molecular weight excluding hydrogens is 212 g/mol. The maximum absolute atomic E-state index is 11.0. The number of hydrogen-bond acceptors (Lipinski definition) is 5. The lowest BCUT2D eigenvalue weighted by Gasteiger charge is -1.91. The van der Waals surface area contributed by atoms with Gasteiger partial charge in [-0.3, -0.25) is 0 Å². The van der Waals surface area contributed by atoms with Crippen molar-refractivity contribution in [2.24, 2.45) is 0 Å². The molecule has 1 aromatic rings. The number of rotatable bonds is 2. The summed E-state index contributed by atoms with van der Waals surface area (Å²) in [5, 5.41) is 0. The standard InChI is InChI=1S/C7H8O2S3/c1-9-6(8)5-3-4(10)7(11-2)12-5/h3,10H,1-2H3. The van der Waals surface area contributed by atoms with E-state index in [-0.39, 0.29) is 5.97 Å². The number of esters is 1. The van der Waals surface area contributed by atoms with Crippen LogP contribution < -0.4 is 0 Å². The van der Waals surface area contributed by atoms with Crippen molar-refractivity contribution in [1.82, 2.24) is 0 Å². The molecule has 0 aliphatic rings. The Morgan fingerprint density at radius 1 is 1.75 bits per heavy atom. The van der Waals surface area contributed by atoms with Gasteiger partial charge in [-0.25, -0.2) is 4.79 Å². The molecule has 0 saturated carbocycles. The Labute approximate surface area is 84.7 Å². The second-order valence-corrected chi connectivity index (χ2v) is 4.59. The quantitative estimate of drug-likeness (QED) is 0.471. The molecule has 0 spiro atoms. The third-order valence-electron chi connectivity index (χ3n) is 1.25. The van der Waals surface area contributed by atoms with E-state index in [9.17, 15) is 4.79 Å². The first-order valence-electron chi connectivity index (χ1n) is 3.14. The summed E-state index contributed by atoms with van der Waals surface area (Å²) in [6.07, 6.45) is 1.95. The number of thiol groups is 1. The molecular formula is C7H8O2S3. The lowest BCUT2D eigenvalue weighted by Crippen LogP contribution is -1.96. The first-order valence-corrected chi connectivity index (χ1v) is 5.63. The van der Waals surface area contributed by atoms with Gasteiger partial charge in [-0.2, -0.15) is 0 Å². The third kappa shape index (κ3) is 1.97. The molecule has 0 aromatic carbocycles. The van der Waals surface area contributed by atoms with Gasteiger partial charge in [0, 0.05) is 4.90 Å². The van der Waals surface area contributed by atoms with Crippen molar-refractivity contribution in [3.63, 3.8) is 0 Å². The smallest absolute Gasteiger partial charge is 0.348 e. The monoisotopic (exact) mass is 220 g/mol. The van der Waals surface area contributed by atoms with Crippen LogP contribution in [0, 0.1) is 0 Å². The second-order valence-electron chi connectivity index (χ2n) is 1.98. The fourth-order valence-corrected chi connectivity index (χ4v) is 2.92. The van der Waals surface area contributed by atoms with Crippen LogP contribution in [-0.4, -0.2) is 19.3 Å². The van der Waals surface area contributed by atoms with Gasteiger partial charge in [0.25, 0.3) is 0 Å². The minimum absolute atomic E-state index is 0.296. The molecule has 12 heavy (non-hydrogen) atoms. The Balaban J connectivity index is 2.96. The van der Waals surface area contributed by atoms with Gasteiger partial charge in [-0.1, -0.05) is 0 Å². The van der Waals surface area contributed by atoms with Gasteiger partial charge in [0.1, 0.15) is 4.88 Å². The Hall–Kier alpha value is -0.130. The van der Waals surface area contributed by atoms with Gasteiger partial charge in [0.15, 0.2) is 0 Å². The molecule has 1 aromatic heterocycles. The fourth-order valence-electron chi connectivity index (χ4n) is 0.712. The molecule has 0 aliphatic carbocycles. The van der Waals surface area contributed by atoms with Gasteiger partial charge in [-0.05, 0) is 12.3 Å². The van der Waals surface area contributed by atoms with Crippen LogP contribution in [0.1, 0.15) is 9.67 Å². The van der Waals surface area contributed by atoms with Crippen molar-refractivity contribution in [2.45, 2.75) is 9.10 Å². The molecule has 0 N–H and O–H groups in total. The molecule has 1 rings (SSSR count). The number of methoxy groups -OCH3 is 1. The highest BCUT2D eigenvalue weighted by Gasteiger charge is 2.11. The summed E-state index contributed by atoms with van der Waals surface area (Å²) >= 11 is 7.20. The molecule has 0 atom stereocenters. The number of hydrogen-bond donors (Lipinski definition) is 1. The predicted octanol–water partition coefficient (Wildman–Crippen LogP) is 2.55. The van der Waals surface area contributed by atoms with E-state index >= 15 is 0 Å². The van der Waals surface area contributed by atoms with Crippen LogP contribution in [-0.2, 0) is 4.74 Å². The van der Waals surface area contributed by atoms with E-state index in [0.29, 0.717) is 4.88 Å². The molecule has 5 heteroatoms. The van der Waals surface area contributed by atoms with E-state index in [1.165, 1.54) is 18.4 Å². The van der Waals surface area contributed by atoms with E-state index in [2.05, 4.69) is 17.4 Å². The largest absolute Gasteiger partial charge is 0.465 e. The molecule has 0 bridgehead atoms. The van der Waals surface area contributed by atoms with E-state index in [4.69, 9.17) is 0 Å². The van der Waals surface area contributed by atoms with Crippen LogP contribution >= 0.6 is 35.7 Å². The van der Waals surface area contributed by atoms with Gasteiger partial charge < -0.3 is 4.74 Å². The summed E-state index contributed by atoms with van der Waals surface area (Å²) in [4.78, 5) is 12.5. The van der Waals surface area contributed by atoms with Gasteiger partial charge in [0.2, 0.25) is 0 Å². The zero-order chi connectivity index (χ0) is 9.14. The average Bonchev–Trinajstić information content (AvgIpc) is 2.45. The van der Waals surface area contributed by atoms with Crippen LogP contribution in [0.15, 0.2) is 15.2 Å². The Morgan fingerprint density at radius 3 is 2.83 bits per heavy atom. The van der Waals surface area contributed by atoms with Crippen LogP contribution in [0.2, 0.25) is 0 Å². The Morgan fingerprint density at radius 2 is 2.42 bits per heavy atom. The number of ether oxygens (including phenoxy) is 1. The molecule has 0 radical (unpaired) electrons. The first kappa shape index (κ1) is 9.95. The third-order valence-corrected chi connectivity index (χ3v) is 4.16. The number of carbonyl (C=O) groups excluding carboxylic acids is 1. The van der Waals surface area contributed by atoms with Crippen molar-refractivity contribution in [1.29, 1.82) is 0 Å². The van der Waals surface area contributed by atoms with Crippen LogP contribution in [0.3, 0.4) is 0 Å². The van der Waals surface area contributed by atoms with E-state index in [0.717, 1.165) is 9.10 Å². The molecule has 1 heterocycles. The van der Waals surface area contributed by atoms with Crippen LogP contribution in [0.4, 0.5) is 0 Å². The zero-order valence-corrected chi connectivity index (χ0v) is 9.18. The van der Waals surface area contributed by atoms with Crippen molar-refractivity contribution < 1.29 is 9.53 Å². The summed E-state index contributed by atoms with van der Waals surface area (Å²) < 4.78 is 5.62. The number of carbonyl (C=O) groups is 1. The van der Waals surface area contributed by atoms with Gasteiger partial charge in [0.05, 0.1) is 11.3 Å². The molecule has 0 fully saturated rings. The summed E-state index contributed by atoms with van der Waals surface area (Å²) in [5.41, 5.74) is 0. The van der Waals surface area contributed by atoms with Gasteiger partial charge in [-0.15, -0.1) is 35.7 Å². The van der Waals surface area contributed by atoms with Crippen LogP contribution in [0.25, 0.3) is 0 Å². The first-order chi connectivity index (χ1) is 5.69. The van der Waals surface area contributed by atoms with Crippen LogP contribution in [0.5, 0.6) is 0 Å². The average molecular weight is 220 g/mol. The summed E-state index contributed by atoms with van der Waals surface area (Å²) in [7, 11) is 1.37. The molecule has 2 nitrogen and oxygen atoms in total. The topological polar surface area (TPSA) is 26.3 Å². The zero-order valence-electron chi connectivity index (χ0n) is 6.66. The Bertz CT molecular complexity index is 293. The minimum atomic E-state index is -0.296. The normalized spacial score (nSPS) is 9.92. The second kappa shape index (κ2) is 4.20. The highest BCUT2D eigenvalue weighted by Crippen LogP contribution is 2.33. The lowest BCUT2D eigenvalue weighted by atomic mass is 10.5. The SMILES string of the molecule is COC(=O)c1cc(S)c(SC)s1. The highest BCUT2D eigenvalue weighted by molar-refractivity contribution is 8.01. The lowest BCUT2D eigenvalue weighted by molar-refractivity contribution is 0.0606. The van der Waals surface area contributed by atoms with E-state index in [1.807, 2.05) is 6.26 Å². The fraction of sp³-hybridized carbons (Fsp3) is 0.286. The van der Waals surface area contributed by atoms with Crippen molar-refractivity contribution in [3.05, 3.63) is 10.9 Å². The summed E-state index contributed by atoms with van der Waals surface area (Å²) in [5.74, 6) is -0.296. The van der Waals surface area contributed by atoms with E-state index < -0.39 is 0 Å². The molecule has 0 aliphatic heterocycles. The van der Waals surface area contributed by atoms with E-state index in [1.54, 1.807) is 17.8 Å². The summed E-state index contributed by atoms with van der Waals surface area (Å²) in [6, 6.07) is 1.73. The predicted molar refractivity (Wildman–Crippen MR) is 54.7 cm³/mol. The molecule has 0 unspecified atom stereocenters. The molecule has 0 saturated heterocycles. The maximum Gasteiger partial charge on any atom is 0.348 e. The number of thioether (sulfide) groups is 1. The summed E-state index contributed by atoms with van der Waals surface area (Å²) in [6.45, 7) is 0. The Kier molecular flexibility index (Phi) is 3.49. The maximum atomic E-state index is 11.0. The number of thiophene rings is 1. The molecule has 66 valence electrons. The highest BCUT2D eigenvalue weighted by atomic mass is 32.2. The van der Waals surface area contributed by atoms with Crippen molar-refractivity contribution >= 4 is 41.7 Å². The van der Waals surface area contributed by atoms with Crippen molar-refractivity contribution in [3.8, 4) is 0 Å².